The molecule has 1 aromatic heterocycles. The Bertz CT molecular complexity index is 1050. The molecule has 146 valence electrons. The molecule has 0 bridgehead atoms. The summed E-state index contributed by atoms with van der Waals surface area (Å²) in [6.45, 7) is 0.764. The maximum Gasteiger partial charge on any atom is 0.264 e. The first-order valence-corrected chi connectivity index (χ1v) is 10.5. The van der Waals surface area contributed by atoms with E-state index >= 15 is 0 Å². The van der Waals surface area contributed by atoms with Crippen LogP contribution in [0.4, 0.5) is 11.6 Å². The first-order valence-electron chi connectivity index (χ1n) is 8.70. The van der Waals surface area contributed by atoms with Crippen molar-refractivity contribution in [3.8, 4) is 11.3 Å². The summed E-state index contributed by atoms with van der Waals surface area (Å²) < 4.78 is 27.1. The van der Waals surface area contributed by atoms with E-state index in [9.17, 15) is 8.42 Å². The van der Waals surface area contributed by atoms with Crippen molar-refractivity contribution < 1.29 is 12.6 Å². The highest BCUT2D eigenvalue weighted by atomic mass is 32.2. The van der Waals surface area contributed by atoms with E-state index in [0.29, 0.717) is 5.95 Å². The molecule has 1 heterocycles. The normalized spacial score (nSPS) is 11.4. The van der Waals surface area contributed by atoms with Gasteiger partial charge < -0.3 is 10.6 Å². The highest BCUT2D eigenvalue weighted by Crippen LogP contribution is 2.21. The number of benzene rings is 2. The molecule has 0 spiro atoms. The zero-order chi connectivity index (χ0) is 20.0. The maximum absolute atomic E-state index is 11.2. The van der Waals surface area contributed by atoms with Crippen LogP contribution in [0.1, 0.15) is 11.1 Å². The van der Waals surface area contributed by atoms with Crippen molar-refractivity contribution in [3.05, 3.63) is 71.9 Å². The van der Waals surface area contributed by atoms with Crippen LogP contribution in [0.2, 0.25) is 0 Å². The van der Waals surface area contributed by atoms with Gasteiger partial charge in [0.15, 0.2) is 0 Å². The lowest BCUT2D eigenvalue weighted by Gasteiger charge is -2.09. The van der Waals surface area contributed by atoms with Crippen molar-refractivity contribution >= 4 is 21.8 Å². The topological polar surface area (TPSA) is 93.2 Å². The fourth-order valence-corrected chi connectivity index (χ4v) is 3.02. The Morgan fingerprint density at radius 3 is 2.61 bits per heavy atom. The number of nitrogens with zero attached hydrogens (tertiary/aromatic N) is 2. The molecular weight excluding hydrogens is 376 g/mol. The molecule has 28 heavy (non-hydrogen) atoms. The average molecular weight is 398 g/mol. The fraction of sp³-hybridized carbons (Fsp3) is 0.200. The van der Waals surface area contributed by atoms with Crippen molar-refractivity contribution in [1.82, 2.24) is 15.3 Å². The fourth-order valence-electron chi connectivity index (χ4n) is 2.67. The molecule has 7 nitrogen and oxygen atoms in total. The predicted molar refractivity (Wildman–Crippen MR) is 110 cm³/mol. The Morgan fingerprint density at radius 2 is 1.82 bits per heavy atom. The van der Waals surface area contributed by atoms with E-state index in [1.54, 1.807) is 18.3 Å². The van der Waals surface area contributed by atoms with Crippen LogP contribution in [0.5, 0.6) is 0 Å². The van der Waals surface area contributed by atoms with Crippen LogP contribution in [0, 0.1) is 0 Å². The van der Waals surface area contributed by atoms with Gasteiger partial charge in [-0.25, -0.2) is 9.97 Å². The number of hydrogen-bond donors (Lipinski definition) is 2. The number of nitrogens with one attached hydrogen (secondary N) is 2. The monoisotopic (exact) mass is 398 g/mol. The highest BCUT2D eigenvalue weighted by molar-refractivity contribution is 7.85. The minimum Gasteiger partial charge on any atom is -0.324 e. The van der Waals surface area contributed by atoms with Crippen molar-refractivity contribution in [2.24, 2.45) is 0 Å². The van der Waals surface area contributed by atoms with Gasteiger partial charge in [0.25, 0.3) is 10.1 Å². The van der Waals surface area contributed by atoms with Crippen LogP contribution in [0.25, 0.3) is 11.3 Å². The van der Waals surface area contributed by atoms with Gasteiger partial charge in [0.1, 0.15) is 0 Å². The van der Waals surface area contributed by atoms with Crippen molar-refractivity contribution in [2.45, 2.75) is 13.2 Å². The van der Waals surface area contributed by atoms with Gasteiger partial charge >= 0.3 is 0 Å². The van der Waals surface area contributed by atoms with Crippen LogP contribution >= 0.6 is 0 Å². The molecule has 0 saturated heterocycles. The lowest BCUT2D eigenvalue weighted by Crippen LogP contribution is -2.05. The van der Waals surface area contributed by atoms with E-state index in [-0.39, 0.29) is 6.61 Å². The molecule has 0 aliphatic heterocycles. The number of hydrogen-bond acceptors (Lipinski definition) is 7. The summed E-state index contributed by atoms with van der Waals surface area (Å²) in [6, 6.07) is 17.3. The van der Waals surface area contributed by atoms with Crippen LogP contribution in [-0.2, 0) is 27.5 Å². The quantitative estimate of drug-likeness (QED) is 0.563. The summed E-state index contributed by atoms with van der Waals surface area (Å²) in [5.74, 6) is 0.456. The van der Waals surface area contributed by atoms with Crippen molar-refractivity contribution in [2.75, 3.05) is 18.6 Å². The average Bonchev–Trinajstić information content (AvgIpc) is 2.67. The largest absolute Gasteiger partial charge is 0.324 e. The first kappa shape index (κ1) is 19.9. The van der Waals surface area contributed by atoms with E-state index in [1.165, 1.54) is 5.56 Å². The van der Waals surface area contributed by atoms with Crippen molar-refractivity contribution in [3.63, 3.8) is 0 Å². The molecule has 0 radical (unpaired) electrons. The Hall–Kier alpha value is -2.81. The molecule has 0 amide bonds. The molecule has 0 unspecified atom stereocenters. The SMILES string of the molecule is CNCc1cccc(-c2ccnc(Nc3cccc(COS(C)(=O)=O)c3)n2)c1. The van der Waals surface area contributed by atoms with Gasteiger partial charge in [0.2, 0.25) is 5.95 Å². The molecule has 0 aliphatic rings. The zero-order valence-electron chi connectivity index (χ0n) is 15.7. The summed E-state index contributed by atoms with van der Waals surface area (Å²) >= 11 is 0. The number of rotatable bonds is 8. The molecule has 3 rings (SSSR count). The Morgan fingerprint density at radius 1 is 1.04 bits per heavy atom. The summed E-state index contributed by atoms with van der Waals surface area (Å²) in [5.41, 5.74) is 4.47. The van der Waals surface area contributed by atoms with Gasteiger partial charge in [-0.15, -0.1) is 0 Å². The van der Waals surface area contributed by atoms with E-state index in [2.05, 4.69) is 32.7 Å². The predicted octanol–water partition coefficient (Wildman–Crippen LogP) is 3.08. The van der Waals surface area contributed by atoms with E-state index in [0.717, 1.165) is 35.3 Å². The Kier molecular flexibility index (Phi) is 6.35. The summed E-state index contributed by atoms with van der Waals surface area (Å²) in [5, 5.41) is 6.29. The van der Waals surface area contributed by atoms with Crippen LogP contribution in [0.3, 0.4) is 0 Å². The third kappa shape index (κ3) is 5.85. The van der Waals surface area contributed by atoms with Crippen LogP contribution < -0.4 is 10.6 Å². The second-order valence-corrected chi connectivity index (χ2v) is 7.93. The molecule has 0 saturated carbocycles. The third-order valence-electron chi connectivity index (χ3n) is 3.88. The molecule has 3 aromatic rings. The van der Waals surface area contributed by atoms with Gasteiger partial charge in [0.05, 0.1) is 18.6 Å². The molecule has 8 heteroatoms. The number of anilines is 2. The summed E-state index contributed by atoms with van der Waals surface area (Å²) in [4.78, 5) is 8.86. The molecule has 2 aromatic carbocycles. The lowest BCUT2D eigenvalue weighted by atomic mass is 10.1. The van der Waals surface area contributed by atoms with E-state index in [1.807, 2.05) is 37.4 Å². The standard InChI is InChI=1S/C20H22N4O3S/c1-21-13-15-5-3-7-17(11-15)19-9-10-22-20(24-19)23-18-8-4-6-16(12-18)14-27-28(2,25)26/h3-12,21H,13-14H2,1-2H3,(H,22,23,24). The Balaban J connectivity index is 1.77. The minimum atomic E-state index is -3.49. The zero-order valence-corrected chi connectivity index (χ0v) is 16.5. The second-order valence-electron chi connectivity index (χ2n) is 6.29. The second kappa shape index (κ2) is 8.92. The van der Waals surface area contributed by atoms with Gasteiger partial charge in [-0.2, -0.15) is 8.42 Å². The maximum atomic E-state index is 11.2. The minimum absolute atomic E-state index is 0.0203. The van der Waals surface area contributed by atoms with Gasteiger partial charge in [-0.3, -0.25) is 4.18 Å². The lowest BCUT2D eigenvalue weighted by molar-refractivity contribution is 0.312. The molecule has 0 atom stereocenters. The summed E-state index contributed by atoms with van der Waals surface area (Å²) in [6.07, 6.45) is 2.73. The molecule has 0 aliphatic carbocycles. The van der Waals surface area contributed by atoms with E-state index < -0.39 is 10.1 Å². The molecule has 0 fully saturated rings. The first-order chi connectivity index (χ1) is 13.4. The van der Waals surface area contributed by atoms with E-state index in [4.69, 9.17) is 4.18 Å². The van der Waals surface area contributed by atoms with Gasteiger partial charge in [-0.1, -0.05) is 30.3 Å². The molecule has 2 N–H and O–H groups in total. The smallest absolute Gasteiger partial charge is 0.264 e. The third-order valence-corrected chi connectivity index (χ3v) is 4.43. The summed E-state index contributed by atoms with van der Waals surface area (Å²) in [7, 11) is -1.58. The van der Waals surface area contributed by atoms with Gasteiger partial charge in [0, 0.05) is 24.0 Å². The van der Waals surface area contributed by atoms with Gasteiger partial charge in [-0.05, 0) is 42.4 Å². The highest BCUT2D eigenvalue weighted by Gasteiger charge is 2.06. The molecular formula is C20H22N4O3S. The van der Waals surface area contributed by atoms with Crippen molar-refractivity contribution in [1.29, 1.82) is 0 Å². The van der Waals surface area contributed by atoms with Crippen LogP contribution in [0.15, 0.2) is 60.8 Å². The number of aromatic nitrogens is 2. The Labute approximate surface area is 164 Å². The van der Waals surface area contributed by atoms with Crippen LogP contribution in [-0.4, -0.2) is 31.7 Å².